The third kappa shape index (κ3) is 1.72. The van der Waals surface area contributed by atoms with Gasteiger partial charge >= 0.3 is 0 Å². The van der Waals surface area contributed by atoms with Crippen molar-refractivity contribution in [1.29, 1.82) is 0 Å². The Kier molecular flexibility index (Phi) is 2.97. The molecule has 2 nitrogen and oxygen atoms in total. The molecule has 5 heteroatoms. The molecule has 0 bridgehead atoms. The van der Waals surface area contributed by atoms with Crippen LogP contribution in [0.1, 0.15) is 17.6 Å². The maximum atomic E-state index is 12.3. The second-order valence-electron chi connectivity index (χ2n) is 2.20. The first kappa shape index (κ1) is 9.38. The van der Waals surface area contributed by atoms with Gasteiger partial charge < -0.3 is 5.73 Å². The van der Waals surface area contributed by atoms with E-state index in [1.807, 2.05) is 0 Å². The minimum atomic E-state index is -2.50. The quantitative estimate of drug-likeness (QED) is 0.802. The van der Waals surface area contributed by atoms with Crippen molar-refractivity contribution in [1.82, 2.24) is 4.98 Å². The number of halogens is 3. The predicted molar refractivity (Wildman–Crippen MR) is 46.2 cm³/mol. The van der Waals surface area contributed by atoms with Gasteiger partial charge in [0, 0.05) is 22.7 Å². The van der Waals surface area contributed by atoms with E-state index in [1.165, 1.54) is 12.3 Å². The zero-order valence-corrected chi connectivity index (χ0v) is 7.68. The summed E-state index contributed by atoms with van der Waals surface area (Å²) in [5, 5.41) is 0.298. The minimum absolute atomic E-state index is 0.0561. The van der Waals surface area contributed by atoms with Crippen LogP contribution >= 0.6 is 15.9 Å². The number of nitrogens with zero attached hydrogens (tertiary/aromatic N) is 1. The van der Waals surface area contributed by atoms with Gasteiger partial charge in [-0.2, -0.15) is 0 Å². The van der Waals surface area contributed by atoms with E-state index < -0.39 is 6.43 Å². The van der Waals surface area contributed by atoms with Gasteiger partial charge in [-0.05, 0) is 6.07 Å². The van der Waals surface area contributed by atoms with Gasteiger partial charge in [0.05, 0.1) is 0 Å². The van der Waals surface area contributed by atoms with Gasteiger partial charge in [-0.1, -0.05) is 15.9 Å². The van der Waals surface area contributed by atoms with E-state index in [2.05, 4.69) is 20.9 Å². The Morgan fingerprint density at radius 3 is 2.67 bits per heavy atom. The van der Waals surface area contributed by atoms with Crippen LogP contribution in [0, 0.1) is 0 Å². The lowest BCUT2D eigenvalue weighted by Crippen LogP contribution is -2.00. The monoisotopic (exact) mass is 236 g/mol. The van der Waals surface area contributed by atoms with Crippen LogP contribution < -0.4 is 5.73 Å². The third-order valence-electron chi connectivity index (χ3n) is 1.49. The molecule has 0 aromatic carbocycles. The Hall–Kier alpha value is -0.710. The number of hydrogen-bond acceptors (Lipinski definition) is 2. The van der Waals surface area contributed by atoms with E-state index >= 15 is 0 Å². The van der Waals surface area contributed by atoms with Gasteiger partial charge in [0.2, 0.25) is 0 Å². The van der Waals surface area contributed by atoms with Gasteiger partial charge in [0.15, 0.2) is 0 Å². The summed E-state index contributed by atoms with van der Waals surface area (Å²) >= 11 is 3.07. The molecular weight excluding hydrogens is 230 g/mol. The lowest BCUT2D eigenvalue weighted by atomic mass is 10.1. The summed E-state index contributed by atoms with van der Waals surface area (Å²) in [6.07, 6.45) is -1.22. The normalized spacial score (nSPS) is 10.7. The van der Waals surface area contributed by atoms with Crippen molar-refractivity contribution >= 4 is 21.7 Å². The van der Waals surface area contributed by atoms with Gasteiger partial charge in [-0.25, -0.2) is 13.8 Å². The lowest BCUT2D eigenvalue weighted by molar-refractivity contribution is 0.150. The number of alkyl halides is 3. The largest absolute Gasteiger partial charge is 0.383 e. The fourth-order valence-corrected chi connectivity index (χ4v) is 1.49. The second kappa shape index (κ2) is 3.80. The first-order chi connectivity index (χ1) is 5.66. The SMILES string of the molecule is Nc1nccc(C(F)F)c1CBr. The second-order valence-corrected chi connectivity index (χ2v) is 2.76. The highest BCUT2D eigenvalue weighted by molar-refractivity contribution is 9.08. The predicted octanol–water partition coefficient (Wildman–Crippen LogP) is 2.50. The van der Waals surface area contributed by atoms with Crippen molar-refractivity contribution < 1.29 is 8.78 Å². The summed E-state index contributed by atoms with van der Waals surface area (Å²) in [6.45, 7) is 0. The highest BCUT2D eigenvalue weighted by Crippen LogP contribution is 2.26. The van der Waals surface area contributed by atoms with E-state index in [4.69, 9.17) is 5.73 Å². The maximum absolute atomic E-state index is 12.3. The van der Waals surface area contributed by atoms with Crippen LogP contribution in [-0.2, 0) is 5.33 Å². The van der Waals surface area contributed by atoms with Gasteiger partial charge in [-0.3, -0.25) is 0 Å². The molecule has 66 valence electrons. The van der Waals surface area contributed by atoms with E-state index in [0.717, 1.165) is 0 Å². The van der Waals surface area contributed by atoms with Crippen molar-refractivity contribution in [2.75, 3.05) is 5.73 Å². The van der Waals surface area contributed by atoms with Crippen molar-refractivity contribution in [2.45, 2.75) is 11.8 Å². The van der Waals surface area contributed by atoms with Gasteiger partial charge in [-0.15, -0.1) is 0 Å². The Balaban J connectivity index is 3.18. The van der Waals surface area contributed by atoms with E-state index in [0.29, 0.717) is 10.9 Å². The van der Waals surface area contributed by atoms with Crippen LogP contribution in [0.25, 0.3) is 0 Å². The molecule has 1 aromatic rings. The standard InChI is InChI=1S/C7H7BrF2N2/c8-3-5-4(6(9)10)1-2-12-7(5)11/h1-2,6H,3H2,(H2,11,12). The van der Waals surface area contributed by atoms with Crippen LogP contribution in [0.2, 0.25) is 0 Å². The third-order valence-corrected chi connectivity index (χ3v) is 2.05. The molecule has 0 amide bonds. The molecule has 0 unspecified atom stereocenters. The molecule has 12 heavy (non-hydrogen) atoms. The highest BCUT2D eigenvalue weighted by Gasteiger charge is 2.14. The average molecular weight is 237 g/mol. The smallest absolute Gasteiger partial charge is 0.264 e. The van der Waals surface area contributed by atoms with Gasteiger partial charge in [0.25, 0.3) is 6.43 Å². The molecule has 0 spiro atoms. The fourth-order valence-electron chi connectivity index (χ4n) is 0.874. The number of rotatable bonds is 2. The molecule has 1 aromatic heterocycles. The zero-order valence-electron chi connectivity index (χ0n) is 6.10. The van der Waals surface area contributed by atoms with E-state index in [1.54, 1.807) is 0 Å². The average Bonchev–Trinajstić information content (AvgIpc) is 2.03. The van der Waals surface area contributed by atoms with Crippen LogP contribution in [0.3, 0.4) is 0 Å². The summed E-state index contributed by atoms with van der Waals surface area (Å²) < 4.78 is 24.6. The molecule has 0 saturated heterocycles. The van der Waals surface area contributed by atoms with Crippen molar-refractivity contribution in [2.24, 2.45) is 0 Å². The number of hydrogen-bond donors (Lipinski definition) is 1. The molecule has 1 heterocycles. The molecule has 0 fully saturated rings. The Morgan fingerprint density at radius 2 is 2.25 bits per heavy atom. The number of anilines is 1. The van der Waals surface area contributed by atoms with Crippen molar-refractivity contribution in [3.05, 3.63) is 23.4 Å². The Labute approximate surface area is 76.9 Å². The summed E-state index contributed by atoms with van der Waals surface area (Å²) in [5.74, 6) is 0.157. The molecular formula is C7H7BrF2N2. The summed E-state index contributed by atoms with van der Waals surface area (Å²) in [6, 6.07) is 1.28. The number of nitrogen functional groups attached to an aromatic ring is 1. The van der Waals surface area contributed by atoms with Crippen LogP contribution in [0.4, 0.5) is 14.6 Å². The van der Waals surface area contributed by atoms with Crippen molar-refractivity contribution in [3.63, 3.8) is 0 Å². The summed E-state index contributed by atoms with van der Waals surface area (Å²) in [7, 11) is 0. The molecule has 0 radical (unpaired) electrons. The number of nitrogens with two attached hydrogens (primary N) is 1. The molecule has 2 N–H and O–H groups in total. The molecule has 0 aliphatic carbocycles. The van der Waals surface area contributed by atoms with Crippen molar-refractivity contribution in [3.8, 4) is 0 Å². The zero-order chi connectivity index (χ0) is 9.14. The Bertz CT molecular complexity index is 278. The summed E-state index contributed by atoms with van der Waals surface area (Å²) in [5.41, 5.74) is 5.71. The molecule has 0 aliphatic heterocycles. The first-order valence-corrected chi connectivity index (χ1v) is 4.36. The topological polar surface area (TPSA) is 38.9 Å². The molecule has 0 saturated carbocycles. The number of pyridine rings is 1. The van der Waals surface area contributed by atoms with Crippen LogP contribution in [0.15, 0.2) is 12.3 Å². The first-order valence-electron chi connectivity index (χ1n) is 3.24. The maximum Gasteiger partial charge on any atom is 0.264 e. The van der Waals surface area contributed by atoms with E-state index in [-0.39, 0.29) is 11.4 Å². The van der Waals surface area contributed by atoms with Gasteiger partial charge in [0.1, 0.15) is 5.82 Å². The number of aromatic nitrogens is 1. The highest BCUT2D eigenvalue weighted by atomic mass is 79.9. The van der Waals surface area contributed by atoms with E-state index in [9.17, 15) is 8.78 Å². The fraction of sp³-hybridized carbons (Fsp3) is 0.286. The molecule has 0 atom stereocenters. The summed E-state index contributed by atoms with van der Waals surface area (Å²) in [4.78, 5) is 3.71. The molecule has 0 aliphatic rings. The Morgan fingerprint density at radius 1 is 1.58 bits per heavy atom. The van der Waals surface area contributed by atoms with Crippen LogP contribution in [-0.4, -0.2) is 4.98 Å². The molecule has 1 rings (SSSR count). The lowest BCUT2D eigenvalue weighted by Gasteiger charge is -2.07. The van der Waals surface area contributed by atoms with Crippen LogP contribution in [0.5, 0.6) is 0 Å². The minimum Gasteiger partial charge on any atom is -0.383 e.